The van der Waals surface area contributed by atoms with E-state index in [4.69, 9.17) is 5.73 Å². The summed E-state index contributed by atoms with van der Waals surface area (Å²) in [5.41, 5.74) is 6.75. The van der Waals surface area contributed by atoms with Crippen LogP contribution in [0.3, 0.4) is 0 Å². The van der Waals surface area contributed by atoms with Crippen molar-refractivity contribution < 1.29 is 9.59 Å². The zero-order chi connectivity index (χ0) is 13.4. The molecule has 0 saturated heterocycles. The van der Waals surface area contributed by atoms with Crippen molar-refractivity contribution in [2.24, 2.45) is 5.73 Å². The number of carbonyl (C=O) groups is 2. The second kappa shape index (κ2) is 7.61. The second-order valence-corrected chi connectivity index (χ2v) is 4.28. The van der Waals surface area contributed by atoms with Gasteiger partial charge in [-0.15, -0.1) is 0 Å². The number of benzene rings is 1. The quantitative estimate of drug-likeness (QED) is 0.574. The average Bonchev–Trinajstić information content (AvgIpc) is 2.35. The fourth-order valence-electron chi connectivity index (χ4n) is 1.62. The maximum atomic E-state index is 11.6. The highest BCUT2D eigenvalue weighted by atomic mass is 16.1. The number of anilines is 1. The number of carbonyl (C=O) groups excluding carboxylic acids is 2. The standard InChI is InChI=1S/C14H20N2O2/c1-11(17)12-6-8-13(9-7-12)16-14(18)5-3-2-4-10-15/h6-9H,2-5,10,15H2,1H3,(H,16,18). The van der Waals surface area contributed by atoms with Crippen molar-refractivity contribution in [3.63, 3.8) is 0 Å². The predicted octanol–water partition coefficient (Wildman–Crippen LogP) is 2.35. The summed E-state index contributed by atoms with van der Waals surface area (Å²) in [6.07, 6.45) is 3.30. The second-order valence-electron chi connectivity index (χ2n) is 4.28. The zero-order valence-electron chi connectivity index (χ0n) is 10.7. The zero-order valence-corrected chi connectivity index (χ0v) is 10.7. The Bertz CT molecular complexity index is 399. The van der Waals surface area contributed by atoms with Gasteiger partial charge in [-0.1, -0.05) is 6.42 Å². The molecule has 1 rings (SSSR count). The lowest BCUT2D eigenvalue weighted by Gasteiger charge is -2.05. The molecule has 0 aliphatic heterocycles. The topological polar surface area (TPSA) is 72.2 Å². The summed E-state index contributed by atoms with van der Waals surface area (Å²) in [4.78, 5) is 22.7. The molecule has 0 heterocycles. The van der Waals surface area contributed by atoms with E-state index in [0.29, 0.717) is 18.5 Å². The van der Waals surface area contributed by atoms with Crippen molar-refractivity contribution in [1.82, 2.24) is 0 Å². The summed E-state index contributed by atoms with van der Waals surface area (Å²) in [5.74, 6) is 0.0252. The minimum atomic E-state index is 0.00240. The number of unbranched alkanes of at least 4 members (excludes halogenated alkanes) is 2. The largest absolute Gasteiger partial charge is 0.330 e. The molecule has 0 atom stereocenters. The predicted molar refractivity (Wildman–Crippen MR) is 72.6 cm³/mol. The molecule has 0 bridgehead atoms. The first-order chi connectivity index (χ1) is 8.63. The Kier molecular flexibility index (Phi) is 6.08. The van der Waals surface area contributed by atoms with Crippen LogP contribution in [0.1, 0.15) is 43.0 Å². The van der Waals surface area contributed by atoms with Gasteiger partial charge in [-0.05, 0) is 50.6 Å². The minimum Gasteiger partial charge on any atom is -0.330 e. The summed E-state index contributed by atoms with van der Waals surface area (Å²) in [6.45, 7) is 2.19. The van der Waals surface area contributed by atoms with E-state index in [1.54, 1.807) is 24.3 Å². The van der Waals surface area contributed by atoms with Crippen molar-refractivity contribution in [2.45, 2.75) is 32.6 Å². The van der Waals surface area contributed by atoms with Crippen molar-refractivity contribution >= 4 is 17.4 Å². The third kappa shape index (κ3) is 5.10. The molecule has 0 spiro atoms. The van der Waals surface area contributed by atoms with Crippen LogP contribution in [0.5, 0.6) is 0 Å². The van der Waals surface area contributed by atoms with E-state index >= 15 is 0 Å². The van der Waals surface area contributed by atoms with Crippen molar-refractivity contribution in [3.05, 3.63) is 29.8 Å². The van der Waals surface area contributed by atoms with Crippen LogP contribution in [0.4, 0.5) is 5.69 Å². The number of hydrogen-bond acceptors (Lipinski definition) is 3. The van der Waals surface area contributed by atoms with E-state index in [9.17, 15) is 9.59 Å². The number of hydrogen-bond donors (Lipinski definition) is 2. The van der Waals surface area contributed by atoms with Gasteiger partial charge >= 0.3 is 0 Å². The van der Waals surface area contributed by atoms with Crippen LogP contribution >= 0.6 is 0 Å². The SMILES string of the molecule is CC(=O)c1ccc(NC(=O)CCCCCN)cc1. The van der Waals surface area contributed by atoms with Gasteiger partial charge in [0.25, 0.3) is 0 Å². The molecule has 0 fully saturated rings. The Labute approximate surface area is 108 Å². The lowest BCUT2D eigenvalue weighted by atomic mass is 10.1. The maximum Gasteiger partial charge on any atom is 0.224 e. The van der Waals surface area contributed by atoms with E-state index in [0.717, 1.165) is 24.9 Å². The molecule has 3 N–H and O–H groups in total. The van der Waals surface area contributed by atoms with Crippen LogP contribution < -0.4 is 11.1 Å². The van der Waals surface area contributed by atoms with Crippen molar-refractivity contribution in [1.29, 1.82) is 0 Å². The van der Waals surface area contributed by atoms with Gasteiger partial charge in [0.1, 0.15) is 0 Å². The van der Waals surface area contributed by atoms with E-state index < -0.39 is 0 Å². The summed E-state index contributed by atoms with van der Waals surface area (Å²) in [6, 6.07) is 6.92. The third-order valence-electron chi connectivity index (χ3n) is 2.68. The van der Waals surface area contributed by atoms with Gasteiger partial charge in [-0.25, -0.2) is 0 Å². The van der Waals surface area contributed by atoms with Gasteiger partial charge in [0.05, 0.1) is 0 Å². The highest BCUT2D eigenvalue weighted by Crippen LogP contribution is 2.11. The van der Waals surface area contributed by atoms with Gasteiger partial charge in [0, 0.05) is 17.7 Å². The van der Waals surface area contributed by atoms with Crippen LogP contribution in [0, 0.1) is 0 Å². The fourth-order valence-corrected chi connectivity index (χ4v) is 1.62. The molecule has 4 nitrogen and oxygen atoms in total. The van der Waals surface area contributed by atoms with E-state index in [1.807, 2.05) is 0 Å². The number of amides is 1. The Morgan fingerprint density at radius 3 is 2.33 bits per heavy atom. The van der Waals surface area contributed by atoms with Crippen molar-refractivity contribution in [3.8, 4) is 0 Å². The molecule has 0 radical (unpaired) electrons. The summed E-state index contributed by atoms with van der Waals surface area (Å²) < 4.78 is 0. The highest BCUT2D eigenvalue weighted by Gasteiger charge is 2.03. The molecule has 1 aromatic rings. The molecule has 1 aromatic carbocycles. The molecule has 0 aliphatic rings. The van der Waals surface area contributed by atoms with Gasteiger partial charge in [-0.3, -0.25) is 9.59 Å². The number of rotatable bonds is 7. The van der Waals surface area contributed by atoms with E-state index in [2.05, 4.69) is 5.32 Å². The fraction of sp³-hybridized carbons (Fsp3) is 0.429. The third-order valence-corrected chi connectivity index (χ3v) is 2.68. The number of Topliss-reactive ketones (excluding diaryl/α,β-unsaturated/α-hetero) is 1. The molecule has 0 aliphatic carbocycles. The molecular formula is C14H20N2O2. The van der Waals surface area contributed by atoms with Gasteiger partial charge in [0.15, 0.2) is 5.78 Å². The molecule has 0 aromatic heterocycles. The average molecular weight is 248 g/mol. The van der Waals surface area contributed by atoms with Gasteiger partial charge in [0.2, 0.25) is 5.91 Å². The number of nitrogens with one attached hydrogen (secondary N) is 1. The first-order valence-electron chi connectivity index (χ1n) is 6.24. The summed E-state index contributed by atoms with van der Waals surface area (Å²) in [7, 11) is 0. The van der Waals surface area contributed by atoms with Crippen molar-refractivity contribution in [2.75, 3.05) is 11.9 Å². The Morgan fingerprint density at radius 1 is 1.11 bits per heavy atom. The summed E-state index contributed by atoms with van der Waals surface area (Å²) >= 11 is 0. The summed E-state index contributed by atoms with van der Waals surface area (Å²) in [5, 5.41) is 2.80. The van der Waals surface area contributed by atoms with Gasteiger partial charge < -0.3 is 11.1 Å². The maximum absolute atomic E-state index is 11.6. The van der Waals surface area contributed by atoms with Crippen LogP contribution in [-0.4, -0.2) is 18.2 Å². The Morgan fingerprint density at radius 2 is 1.78 bits per heavy atom. The van der Waals surface area contributed by atoms with Crippen LogP contribution in [-0.2, 0) is 4.79 Å². The normalized spacial score (nSPS) is 10.1. The first kappa shape index (κ1) is 14.4. The Hall–Kier alpha value is -1.68. The molecule has 0 saturated carbocycles. The van der Waals surface area contributed by atoms with Gasteiger partial charge in [-0.2, -0.15) is 0 Å². The molecule has 0 unspecified atom stereocenters. The molecule has 4 heteroatoms. The van der Waals surface area contributed by atoms with E-state index in [-0.39, 0.29) is 11.7 Å². The molecule has 98 valence electrons. The molecule has 1 amide bonds. The number of ketones is 1. The first-order valence-corrected chi connectivity index (χ1v) is 6.24. The van der Waals surface area contributed by atoms with Crippen LogP contribution in [0.25, 0.3) is 0 Å². The molecular weight excluding hydrogens is 228 g/mol. The molecule has 18 heavy (non-hydrogen) atoms. The monoisotopic (exact) mass is 248 g/mol. The van der Waals surface area contributed by atoms with Crippen LogP contribution in [0.15, 0.2) is 24.3 Å². The Balaban J connectivity index is 2.37. The smallest absolute Gasteiger partial charge is 0.224 e. The highest BCUT2D eigenvalue weighted by molar-refractivity contribution is 5.95. The minimum absolute atomic E-state index is 0.00240. The lowest BCUT2D eigenvalue weighted by molar-refractivity contribution is -0.116. The van der Waals surface area contributed by atoms with Crippen LogP contribution in [0.2, 0.25) is 0 Å². The number of nitrogens with two attached hydrogens (primary N) is 1. The lowest BCUT2D eigenvalue weighted by Crippen LogP contribution is -2.11. The van der Waals surface area contributed by atoms with E-state index in [1.165, 1.54) is 6.92 Å².